The lowest BCUT2D eigenvalue weighted by Gasteiger charge is -2.31. The molecule has 0 aromatic heterocycles. The molecule has 1 aliphatic carbocycles. The minimum absolute atomic E-state index is 0.0412. The van der Waals surface area contributed by atoms with E-state index in [9.17, 15) is 4.79 Å². The van der Waals surface area contributed by atoms with Gasteiger partial charge in [0.15, 0.2) is 5.78 Å². The molecule has 0 fully saturated rings. The van der Waals surface area contributed by atoms with E-state index < -0.39 is 0 Å². The van der Waals surface area contributed by atoms with Gasteiger partial charge in [-0.05, 0) is 56.0 Å². The minimum atomic E-state index is 0.0412. The van der Waals surface area contributed by atoms with Crippen LogP contribution in [0.15, 0.2) is 65.4 Å². The largest absolute Gasteiger partial charge is 0.497 e. The van der Waals surface area contributed by atoms with E-state index in [1.807, 2.05) is 24.1 Å². The zero-order valence-electron chi connectivity index (χ0n) is 16.0. The number of rotatable bonds is 4. The predicted octanol–water partition coefficient (Wildman–Crippen LogP) is 4.51. The van der Waals surface area contributed by atoms with Gasteiger partial charge in [-0.15, -0.1) is 0 Å². The van der Waals surface area contributed by atoms with Crippen LogP contribution in [-0.2, 0) is 11.2 Å². The molecule has 2 aromatic rings. The van der Waals surface area contributed by atoms with Crippen molar-refractivity contribution in [1.29, 1.82) is 0 Å². The van der Waals surface area contributed by atoms with Crippen LogP contribution < -0.4 is 4.74 Å². The molecular weight excluding hydrogens is 336 g/mol. The van der Waals surface area contributed by atoms with Gasteiger partial charge in [0.05, 0.1) is 18.9 Å². The lowest BCUT2D eigenvalue weighted by atomic mass is 9.77. The third kappa shape index (κ3) is 3.16. The number of hydrogen-bond donors (Lipinski definition) is 0. The van der Waals surface area contributed by atoms with Crippen molar-refractivity contribution >= 4 is 11.5 Å². The fraction of sp³-hybridized carbons (Fsp3) is 0.304. The zero-order chi connectivity index (χ0) is 19.0. The van der Waals surface area contributed by atoms with Crippen LogP contribution in [-0.4, -0.2) is 23.6 Å². The number of methoxy groups -OCH3 is 1. The first-order valence-electron chi connectivity index (χ1n) is 9.37. The molecule has 2 unspecified atom stereocenters. The number of hydrazone groups is 1. The highest BCUT2D eigenvalue weighted by atomic mass is 16.5. The number of ether oxygens (including phenoxy) is 1. The van der Waals surface area contributed by atoms with E-state index in [4.69, 9.17) is 9.84 Å². The Morgan fingerprint density at radius 1 is 1.19 bits per heavy atom. The van der Waals surface area contributed by atoms with Gasteiger partial charge in [0.2, 0.25) is 0 Å². The standard InChI is InChI=1S/C23H24N2O2/c1-15(13-16(2)26)25-23(17-7-5-4-6-8-17)21-11-9-18-14-19(27-3)10-12-20(18)22(21)24-25/h4-8,10,12-14,21,23H,9,11H2,1-3H3/b15-13-. The molecule has 0 spiro atoms. The molecule has 1 heterocycles. The normalized spacial score (nSPS) is 21.4. The van der Waals surface area contributed by atoms with Crippen LogP contribution in [0.5, 0.6) is 5.75 Å². The molecule has 0 saturated carbocycles. The maximum atomic E-state index is 11.7. The van der Waals surface area contributed by atoms with Crippen LogP contribution in [0.4, 0.5) is 0 Å². The number of aryl methyl sites for hydroxylation is 1. The third-order valence-electron chi connectivity index (χ3n) is 5.44. The van der Waals surface area contributed by atoms with Crippen molar-refractivity contribution < 1.29 is 9.53 Å². The van der Waals surface area contributed by atoms with E-state index >= 15 is 0 Å². The molecule has 2 aromatic carbocycles. The number of carbonyl (C=O) groups is 1. The highest BCUT2D eigenvalue weighted by Gasteiger charge is 2.42. The van der Waals surface area contributed by atoms with Crippen molar-refractivity contribution in [2.75, 3.05) is 7.11 Å². The van der Waals surface area contributed by atoms with E-state index in [-0.39, 0.29) is 11.8 Å². The fourth-order valence-electron chi connectivity index (χ4n) is 4.27. The van der Waals surface area contributed by atoms with Gasteiger partial charge in [0, 0.05) is 23.3 Å². The predicted molar refractivity (Wildman–Crippen MR) is 107 cm³/mol. The molecule has 0 saturated heterocycles. The summed E-state index contributed by atoms with van der Waals surface area (Å²) in [4.78, 5) is 11.7. The summed E-state index contributed by atoms with van der Waals surface area (Å²) in [7, 11) is 1.70. The molecule has 1 aliphatic heterocycles. The van der Waals surface area contributed by atoms with Gasteiger partial charge in [-0.3, -0.25) is 9.80 Å². The molecule has 2 atom stereocenters. The zero-order valence-corrected chi connectivity index (χ0v) is 16.0. The second-order valence-electron chi connectivity index (χ2n) is 7.25. The number of benzene rings is 2. The third-order valence-corrected chi connectivity index (χ3v) is 5.44. The second-order valence-corrected chi connectivity index (χ2v) is 7.25. The van der Waals surface area contributed by atoms with Crippen LogP contribution in [0.1, 0.15) is 43.0 Å². The molecule has 4 nitrogen and oxygen atoms in total. The Morgan fingerprint density at radius 3 is 2.67 bits per heavy atom. The van der Waals surface area contributed by atoms with Crippen molar-refractivity contribution in [3.63, 3.8) is 0 Å². The van der Waals surface area contributed by atoms with Gasteiger partial charge in [-0.25, -0.2) is 0 Å². The van der Waals surface area contributed by atoms with E-state index in [1.54, 1.807) is 20.1 Å². The lowest BCUT2D eigenvalue weighted by molar-refractivity contribution is -0.112. The molecule has 4 heteroatoms. The van der Waals surface area contributed by atoms with Crippen molar-refractivity contribution in [1.82, 2.24) is 5.01 Å². The summed E-state index contributed by atoms with van der Waals surface area (Å²) >= 11 is 0. The summed E-state index contributed by atoms with van der Waals surface area (Å²) < 4.78 is 5.39. The monoisotopic (exact) mass is 360 g/mol. The molecule has 27 heavy (non-hydrogen) atoms. The average molecular weight is 360 g/mol. The first kappa shape index (κ1) is 17.5. The second kappa shape index (κ2) is 7.03. The Balaban J connectivity index is 1.81. The molecule has 138 valence electrons. The minimum Gasteiger partial charge on any atom is -0.497 e. The van der Waals surface area contributed by atoms with E-state index in [2.05, 4.69) is 36.4 Å². The molecular formula is C23H24N2O2. The lowest BCUT2D eigenvalue weighted by Crippen LogP contribution is -2.28. The van der Waals surface area contributed by atoms with Crippen molar-refractivity contribution in [2.45, 2.75) is 32.7 Å². The first-order valence-corrected chi connectivity index (χ1v) is 9.37. The molecule has 4 rings (SSSR count). The fourth-order valence-corrected chi connectivity index (χ4v) is 4.27. The Kier molecular flexibility index (Phi) is 4.56. The van der Waals surface area contributed by atoms with Crippen LogP contribution in [0, 0.1) is 5.92 Å². The number of hydrogen-bond acceptors (Lipinski definition) is 4. The van der Waals surface area contributed by atoms with E-state index in [0.717, 1.165) is 30.0 Å². The summed E-state index contributed by atoms with van der Waals surface area (Å²) in [6, 6.07) is 16.8. The van der Waals surface area contributed by atoms with Gasteiger partial charge >= 0.3 is 0 Å². The number of carbonyl (C=O) groups excluding carboxylic acids is 1. The van der Waals surface area contributed by atoms with Gasteiger partial charge in [0.1, 0.15) is 5.75 Å². The number of allylic oxidation sites excluding steroid dienone is 2. The average Bonchev–Trinajstić information content (AvgIpc) is 3.07. The smallest absolute Gasteiger partial charge is 0.154 e. The Morgan fingerprint density at radius 2 is 1.96 bits per heavy atom. The maximum Gasteiger partial charge on any atom is 0.154 e. The highest BCUT2D eigenvalue weighted by molar-refractivity contribution is 6.06. The first-order chi connectivity index (χ1) is 13.1. The Hall–Kier alpha value is -2.88. The van der Waals surface area contributed by atoms with Crippen molar-refractivity contribution in [3.05, 3.63) is 77.0 Å². The van der Waals surface area contributed by atoms with E-state index in [1.165, 1.54) is 16.7 Å². The van der Waals surface area contributed by atoms with Crippen molar-refractivity contribution in [2.24, 2.45) is 11.0 Å². The SMILES string of the molecule is COc1ccc2c(c1)CCC1C2=NN(/C(C)=C\C(C)=O)C1c1ccccc1. The molecule has 0 N–H and O–H groups in total. The Labute approximate surface area is 160 Å². The number of nitrogens with zero attached hydrogens (tertiary/aromatic N) is 2. The van der Waals surface area contributed by atoms with Crippen molar-refractivity contribution in [3.8, 4) is 5.75 Å². The molecule has 0 bridgehead atoms. The topological polar surface area (TPSA) is 41.9 Å². The number of ketones is 1. The molecule has 0 amide bonds. The number of fused-ring (bicyclic) bond motifs is 3. The van der Waals surface area contributed by atoms with Gasteiger partial charge in [-0.1, -0.05) is 30.3 Å². The maximum absolute atomic E-state index is 11.7. The summed E-state index contributed by atoms with van der Waals surface area (Å²) in [5.41, 5.74) is 5.71. The van der Waals surface area contributed by atoms with Gasteiger partial charge < -0.3 is 4.74 Å². The van der Waals surface area contributed by atoms with Crippen LogP contribution >= 0.6 is 0 Å². The molecule has 0 radical (unpaired) electrons. The summed E-state index contributed by atoms with van der Waals surface area (Å²) in [6.45, 7) is 3.55. The summed E-state index contributed by atoms with van der Waals surface area (Å²) in [5.74, 6) is 1.23. The van der Waals surface area contributed by atoms with E-state index in [0.29, 0.717) is 5.92 Å². The molecule has 2 aliphatic rings. The van der Waals surface area contributed by atoms with Crippen LogP contribution in [0.3, 0.4) is 0 Å². The van der Waals surface area contributed by atoms with Gasteiger partial charge in [-0.2, -0.15) is 5.10 Å². The van der Waals surface area contributed by atoms with Crippen LogP contribution in [0.25, 0.3) is 0 Å². The summed E-state index contributed by atoms with van der Waals surface area (Å²) in [6.07, 6.45) is 3.71. The highest BCUT2D eigenvalue weighted by Crippen LogP contribution is 2.45. The Bertz CT molecular complexity index is 931. The quantitative estimate of drug-likeness (QED) is 0.753. The summed E-state index contributed by atoms with van der Waals surface area (Å²) in [5, 5.41) is 7.04. The van der Waals surface area contributed by atoms with Crippen LogP contribution in [0.2, 0.25) is 0 Å². The van der Waals surface area contributed by atoms with Gasteiger partial charge in [0.25, 0.3) is 0 Å².